The van der Waals surface area contributed by atoms with Gasteiger partial charge in [-0.15, -0.1) is 0 Å². The number of carbonyl (C=O) groups is 19. The van der Waals surface area contributed by atoms with E-state index < -0.39 is 274 Å². The first-order chi connectivity index (χ1) is 64.3. The number of hydrogen-bond donors (Lipinski definition) is 19. The molecule has 0 saturated carbocycles. The fourth-order valence-corrected chi connectivity index (χ4v) is 17.4. The summed E-state index contributed by atoms with van der Waals surface area (Å²) in [5.74, 6) is -21.0. The standard InChI is InChI=1S/C90H119N21O24/c1-6-8-20-67-82(127)99-58(29-30-74(116)117)79(124)105-65(77(92)122)42-93-43-73(115)98-61(33-49-25-27-53(112)28-26-49)87(132)109-31-15-14-23-68(109)84(129)104-63(38-72(91)114)88(133)110-32-16-24-69(110)83(128)101-60(36-52-41-94-47-96-52)81(126)103-64(39-75(118)119)89(134)111-45-54(113)37-71(111)85(130)100-59(34-50-40-95-57-19-12-10-17-55(50)57)80(125)97-48(3)78(123)102-62(86(131)107(5)70(21-9-7-2)90(135)106(67)4)35-51-44-108(46-76(120)121)66-22-13-11-18-56(51)66/h10-13,17-19,22,25-28,40-41,44,47-48,54,58-65,67-71,93,95,112-113H,6-9,14-16,20-21,23-24,29-39,42-43,45-46H2,1-5H3,(H2,91,114)(H2,92,122)(H,94,96)(H,97,125)(H,98,115)(H,99,127)(H,100,130)(H,101,128)(H,102,123)(H,103,126)(H,104,129)(H,105,124)(H,116,117)(H,118,119)(H,120,121)/t48-,54+,58-,59-,60-,61-,62-,63-,64-,65-,67-,68-,69-,70-,71-/m0/s1. The molecular formula is C90H119N21O24. The average Bonchev–Trinajstić information content (AvgIpc) is 1.64. The maximum absolute atomic E-state index is 15.8. The number of primary amides is 2. The normalized spacial score (nSPS) is 25.2. The van der Waals surface area contributed by atoms with Crippen LogP contribution in [-0.2, 0) is 123 Å². The van der Waals surface area contributed by atoms with Crippen LogP contribution in [0.4, 0.5) is 0 Å². The van der Waals surface area contributed by atoms with Crippen LogP contribution in [0.25, 0.3) is 21.8 Å². The van der Waals surface area contributed by atoms with Crippen molar-refractivity contribution in [2.75, 3.05) is 46.8 Å². The molecule has 0 aliphatic carbocycles. The van der Waals surface area contributed by atoms with E-state index >= 15 is 38.4 Å². The lowest BCUT2D eigenvalue weighted by molar-refractivity contribution is -0.149. The highest BCUT2D eigenvalue weighted by Crippen LogP contribution is 2.29. The summed E-state index contributed by atoms with van der Waals surface area (Å²) in [5.41, 5.74) is 13.9. The van der Waals surface area contributed by atoms with E-state index in [-0.39, 0.29) is 82.3 Å². The second-order valence-corrected chi connectivity index (χ2v) is 34.5. The maximum Gasteiger partial charge on any atom is 0.323 e. The van der Waals surface area contributed by atoms with E-state index in [0.717, 1.165) is 24.5 Å². The van der Waals surface area contributed by atoms with Crippen LogP contribution in [0, 0.1) is 0 Å². The van der Waals surface area contributed by atoms with Crippen molar-refractivity contribution in [3.8, 4) is 5.75 Å². The van der Waals surface area contributed by atoms with Crippen LogP contribution in [0.15, 0.2) is 97.7 Å². The molecule has 4 fully saturated rings. The molecule has 4 aliphatic rings. The molecule has 728 valence electrons. The van der Waals surface area contributed by atoms with E-state index in [1.807, 2.05) is 0 Å². The van der Waals surface area contributed by atoms with Crippen molar-refractivity contribution in [3.63, 3.8) is 0 Å². The third-order valence-corrected chi connectivity index (χ3v) is 24.6. The number of aliphatic carboxylic acids is 3. The van der Waals surface area contributed by atoms with Crippen molar-refractivity contribution in [2.24, 2.45) is 11.5 Å². The van der Waals surface area contributed by atoms with Gasteiger partial charge in [-0.05, 0) is 99.2 Å². The Labute approximate surface area is 775 Å². The van der Waals surface area contributed by atoms with Gasteiger partial charge in [0.2, 0.25) is 94.5 Å². The second-order valence-electron chi connectivity index (χ2n) is 34.5. The third kappa shape index (κ3) is 27.4. The molecular weight excluding hydrogens is 1760 g/mol. The summed E-state index contributed by atoms with van der Waals surface area (Å²) in [5, 5.41) is 79.0. The summed E-state index contributed by atoms with van der Waals surface area (Å²) in [6.45, 7) is 2.02. The second kappa shape index (κ2) is 47.8. The number of H-pyrrole nitrogens is 2. The number of rotatable bonds is 24. The number of nitrogens with two attached hydrogens (primary N) is 2. The van der Waals surface area contributed by atoms with Crippen molar-refractivity contribution >= 4 is 134 Å². The van der Waals surface area contributed by atoms with Crippen molar-refractivity contribution in [1.82, 2.24) is 97.2 Å². The van der Waals surface area contributed by atoms with Crippen LogP contribution in [0.1, 0.15) is 146 Å². The van der Waals surface area contributed by atoms with Crippen LogP contribution >= 0.6 is 0 Å². The third-order valence-electron chi connectivity index (χ3n) is 24.6. The van der Waals surface area contributed by atoms with Gasteiger partial charge < -0.3 is 129 Å². The minimum Gasteiger partial charge on any atom is -0.508 e. The number of fused-ring (bicyclic) bond motifs is 5. The predicted octanol–water partition coefficient (Wildman–Crippen LogP) is -3.04. The lowest BCUT2D eigenvalue weighted by Crippen LogP contribution is -2.62. The molecule has 3 aromatic carbocycles. The number of amides is 16. The van der Waals surface area contributed by atoms with E-state index in [1.165, 1.54) is 68.6 Å². The largest absolute Gasteiger partial charge is 0.508 e. The van der Waals surface area contributed by atoms with Crippen LogP contribution < -0.4 is 64.6 Å². The van der Waals surface area contributed by atoms with Crippen LogP contribution in [0.3, 0.4) is 0 Å². The molecule has 0 unspecified atom stereocenters. The van der Waals surface area contributed by atoms with Gasteiger partial charge in [0.05, 0.1) is 37.5 Å². The van der Waals surface area contributed by atoms with Crippen molar-refractivity contribution in [1.29, 1.82) is 0 Å². The number of piperidine rings is 1. The number of imidazole rings is 1. The Balaban J connectivity index is 1.02. The number of para-hydroxylation sites is 2. The molecule has 45 nitrogen and oxygen atoms in total. The van der Waals surface area contributed by atoms with Crippen molar-refractivity contribution in [3.05, 3.63) is 120 Å². The van der Waals surface area contributed by atoms with Gasteiger partial charge in [0, 0.05) is 119 Å². The van der Waals surface area contributed by atoms with Gasteiger partial charge in [-0.25, -0.2) is 4.98 Å². The summed E-state index contributed by atoms with van der Waals surface area (Å²) in [6.07, 6.45) is 0.632. The number of unbranched alkanes of at least 4 members (excludes halogenated alkanes) is 2. The smallest absolute Gasteiger partial charge is 0.323 e. The molecule has 3 aromatic heterocycles. The molecule has 0 bridgehead atoms. The number of aliphatic hydroxyl groups is 1. The Morgan fingerprint density at radius 1 is 0.504 bits per heavy atom. The molecule has 0 radical (unpaired) electrons. The first kappa shape index (κ1) is 103. The van der Waals surface area contributed by atoms with E-state index in [0.29, 0.717) is 64.2 Å². The van der Waals surface area contributed by atoms with Gasteiger partial charge in [0.25, 0.3) is 0 Å². The Morgan fingerprint density at radius 2 is 1.06 bits per heavy atom. The van der Waals surface area contributed by atoms with Crippen LogP contribution in [0.5, 0.6) is 5.75 Å². The number of nitrogens with one attached hydrogen (secondary N) is 12. The summed E-state index contributed by atoms with van der Waals surface area (Å²) >= 11 is 0. The Hall–Kier alpha value is -14.4. The van der Waals surface area contributed by atoms with E-state index in [2.05, 4.69) is 68.1 Å². The van der Waals surface area contributed by atoms with Gasteiger partial charge in [-0.3, -0.25) is 91.1 Å². The highest BCUT2D eigenvalue weighted by Gasteiger charge is 2.48. The summed E-state index contributed by atoms with van der Waals surface area (Å²) in [7, 11) is 2.56. The molecule has 4 saturated heterocycles. The molecule has 45 heteroatoms. The van der Waals surface area contributed by atoms with Crippen molar-refractivity contribution < 1.29 is 117 Å². The highest BCUT2D eigenvalue weighted by atomic mass is 16.4. The highest BCUT2D eigenvalue weighted by molar-refractivity contribution is 6.03. The Kier molecular flexibility index (Phi) is 36.4. The number of hydrogen-bond acceptors (Lipinski definition) is 23. The predicted molar refractivity (Wildman–Crippen MR) is 480 cm³/mol. The summed E-state index contributed by atoms with van der Waals surface area (Å²) < 4.78 is 1.41. The number of carboxylic acids is 3. The zero-order valence-electron chi connectivity index (χ0n) is 75.6. The fraction of sp³-hybridized carbons (Fsp3) is 0.511. The molecule has 4 aliphatic heterocycles. The number of carboxylic acid groups (broad SMARTS) is 3. The number of likely N-dealkylation sites (N-methyl/N-ethyl adjacent to an activating group) is 2. The monoisotopic (exact) mass is 1880 g/mol. The number of benzene rings is 3. The topological polar surface area (TPSA) is 663 Å². The summed E-state index contributed by atoms with van der Waals surface area (Å²) in [4.78, 5) is 289. The quantitative estimate of drug-likeness (QED) is 0.0286. The fourth-order valence-electron chi connectivity index (χ4n) is 17.4. The lowest BCUT2D eigenvalue weighted by Gasteiger charge is -2.38. The average molecular weight is 1880 g/mol. The number of phenols is 1. The number of carbonyl (C=O) groups excluding carboxylic acids is 16. The molecule has 135 heavy (non-hydrogen) atoms. The molecule has 0 spiro atoms. The number of aromatic hydroxyl groups is 1. The first-order valence-corrected chi connectivity index (χ1v) is 45.0. The zero-order valence-corrected chi connectivity index (χ0v) is 75.6. The minimum absolute atomic E-state index is 0.0361. The summed E-state index contributed by atoms with van der Waals surface area (Å²) in [6, 6.07) is -4.21. The van der Waals surface area contributed by atoms with Crippen molar-refractivity contribution in [2.45, 2.75) is 246 Å². The SMILES string of the molecule is CCCC[C@H]1C(=O)N(C)[C@@H](CCCC)C(=O)N[C@@H](CCC(=O)O)C(=O)N[C@H](C(N)=O)CNCC(=O)N[C@@H](Cc2ccc(O)cc2)C(=O)N2CCCC[C@H]2C(=O)N[C@@H](CC(N)=O)C(=O)N2CCC[C@H]2C(=O)N[C@@H](Cc2c[nH]cn2)C(=O)N[C@@H](CC(=O)O)C(=O)N2C[C@H](O)C[C@H]2C(=O)N[C@@H](Cc2c[nH]c3ccccc23)C(=O)N[C@@H](C)C(=O)N[C@@H](Cc2cn(CC(=O)O)c3ccccc23)C(=O)N1C. The minimum atomic E-state index is -2.08. The van der Waals surface area contributed by atoms with E-state index in [9.17, 15) is 78.3 Å². The molecule has 16 amide bonds. The molecule has 15 atom stereocenters. The lowest BCUT2D eigenvalue weighted by atomic mass is 9.97. The molecule has 21 N–H and O–H groups in total. The van der Waals surface area contributed by atoms with Gasteiger partial charge >= 0.3 is 17.9 Å². The Bertz CT molecular complexity index is 5350. The number of aliphatic hydroxyl groups excluding tert-OH is 1. The van der Waals surface area contributed by atoms with Crippen LogP contribution in [0.2, 0.25) is 0 Å². The molecule has 7 heterocycles. The maximum atomic E-state index is 15.8. The van der Waals surface area contributed by atoms with Gasteiger partial charge in [0.15, 0.2) is 0 Å². The van der Waals surface area contributed by atoms with Crippen LogP contribution in [-0.4, -0.2) is 319 Å². The first-order valence-electron chi connectivity index (χ1n) is 45.0. The van der Waals surface area contributed by atoms with Gasteiger partial charge in [-0.2, -0.15) is 0 Å². The van der Waals surface area contributed by atoms with Gasteiger partial charge in [0.1, 0.15) is 96.9 Å². The molecule has 10 rings (SSSR count). The number of aromatic amines is 2. The Morgan fingerprint density at radius 3 is 1.70 bits per heavy atom. The van der Waals surface area contributed by atoms with E-state index in [4.69, 9.17) is 11.5 Å². The molecule has 6 aromatic rings. The number of phenolic OH excluding ortho intramolecular Hbond substituents is 1. The zero-order chi connectivity index (χ0) is 98.2. The van der Waals surface area contributed by atoms with Gasteiger partial charge in [-0.1, -0.05) is 88.1 Å². The number of aromatic nitrogens is 4. The number of nitrogens with zero attached hydrogens (tertiary/aromatic N) is 7. The van der Waals surface area contributed by atoms with E-state index in [1.54, 1.807) is 68.6 Å².